The normalized spacial score (nSPS) is 12.1. The van der Waals surface area contributed by atoms with Crippen LogP contribution in [0.5, 0.6) is 0 Å². The molecule has 0 bridgehead atoms. The number of hydrogen-bond donors (Lipinski definition) is 4. The molecule has 0 aliphatic heterocycles. The molecule has 4 nitrogen and oxygen atoms in total. The molecule has 8 rings (SSSR count). The maximum absolute atomic E-state index is 3.70. The van der Waals surface area contributed by atoms with E-state index in [2.05, 4.69) is 119 Å². The first kappa shape index (κ1) is 32.5. The number of aryl methyl sites for hydroxylation is 2. The molecule has 0 spiro atoms. The fourth-order valence-corrected chi connectivity index (χ4v) is 8.23. The monoisotopic (exact) mass is 660 g/mol. The van der Waals surface area contributed by atoms with Crippen molar-refractivity contribution < 1.29 is 0 Å². The molecule has 0 aliphatic rings. The maximum Gasteiger partial charge on any atom is 0.0630 e. The summed E-state index contributed by atoms with van der Waals surface area (Å²) in [6.07, 6.45) is 18.2. The molecule has 0 saturated carbocycles. The van der Waals surface area contributed by atoms with Gasteiger partial charge in [-0.3, -0.25) is 0 Å². The van der Waals surface area contributed by atoms with Crippen LogP contribution >= 0.6 is 0 Å². The van der Waals surface area contributed by atoms with E-state index in [-0.39, 0.29) is 0 Å². The van der Waals surface area contributed by atoms with Crippen LogP contribution in [-0.4, -0.2) is 19.9 Å². The summed E-state index contributed by atoms with van der Waals surface area (Å²) in [5.41, 5.74) is 9.69. The van der Waals surface area contributed by atoms with E-state index in [0.29, 0.717) is 0 Å². The van der Waals surface area contributed by atoms with E-state index in [1.54, 1.807) is 0 Å². The third-order valence-corrected chi connectivity index (χ3v) is 11.1. The van der Waals surface area contributed by atoms with Crippen LogP contribution in [0.3, 0.4) is 0 Å². The van der Waals surface area contributed by atoms with Crippen molar-refractivity contribution in [3.8, 4) is 22.8 Å². The molecule has 4 aromatic heterocycles. The minimum Gasteiger partial charge on any atom is -0.357 e. The predicted octanol–water partition coefficient (Wildman–Crippen LogP) is 13.9. The van der Waals surface area contributed by atoms with E-state index < -0.39 is 0 Å². The minimum atomic E-state index is 1.12. The second-order valence-electron chi connectivity index (χ2n) is 14.7. The zero-order valence-corrected chi connectivity index (χ0v) is 30.0. The second-order valence-corrected chi connectivity index (χ2v) is 14.7. The molecule has 0 radical (unpaired) electrons. The number of rotatable bonds is 16. The van der Waals surface area contributed by atoms with Crippen molar-refractivity contribution >= 4 is 54.1 Å². The Labute approximate surface area is 296 Å². The summed E-state index contributed by atoms with van der Waals surface area (Å²) in [6, 6.07) is 32.1. The van der Waals surface area contributed by atoms with Gasteiger partial charge in [0.05, 0.1) is 22.8 Å². The molecule has 4 heterocycles. The summed E-state index contributed by atoms with van der Waals surface area (Å²) < 4.78 is 0. The van der Waals surface area contributed by atoms with Gasteiger partial charge in [-0.1, -0.05) is 114 Å². The quantitative estimate of drug-likeness (QED) is 0.0589. The molecule has 50 heavy (non-hydrogen) atoms. The van der Waals surface area contributed by atoms with Gasteiger partial charge in [-0.25, -0.2) is 0 Å². The second kappa shape index (κ2) is 14.6. The molecule has 0 saturated heterocycles. The van der Waals surface area contributed by atoms with Gasteiger partial charge >= 0.3 is 0 Å². The van der Waals surface area contributed by atoms with Crippen LogP contribution in [0, 0.1) is 0 Å². The molecule has 0 fully saturated rings. The molecule has 0 unspecified atom stereocenters. The summed E-state index contributed by atoms with van der Waals surface area (Å²) in [4.78, 5) is 14.8. The minimum absolute atomic E-state index is 1.12. The Morgan fingerprint density at radius 2 is 0.680 bits per heavy atom. The Bertz CT molecular complexity index is 2210. The van der Waals surface area contributed by atoms with E-state index >= 15 is 0 Å². The number of hydrogen-bond acceptors (Lipinski definition) is 0. The Kier molecular flexibility index (Phi) is 9.52. The number of unbranched alkanes of at least 4 members (excludes halogenated alkanes) is 10. The van der Waals surface area contributed by atoms with E-state index in [9.17, 15) is 0 Å². The van der Waals surface area contributed by atoms with Gasteiger partial charge in [-0.05, 0) is 107 Å². The highest BCUT2D eigenvalue weighted by Crippen LogP contribution is 2.39. The van der Waals surface area contributed by atoms with Crippen molar-refractivity contribution in [1.29, 1.82) is 0 Å². The number of fused-ring (bicyclic) bond motifs is 9. The first-order valence-electron chi connectivity index (χ1n) is 19.5. The van der Waals surface area contributed by atoms with Crippen molar-refractivity contribution in [2.75, 3.05) is 0 Å². The van der Waals surface area contributed by atoms with Gasteiger partial charge in [0.25, 0.3) is 0 Å². The fraction of sp³-hybridized carbons (Fsp3) is 0.348. The average molecular weight is 661 g/mol. The van der Waals surface area contributed by atoms with Crippen molar-refractivity contribution in [1.82, 2.24) is 19.9 Å². The summed E-state index contributed by atoms with van der Waals surface area (Å²) in [6.45, 7) is 4.56. The van der Waals surface area contributed by atoms with Crippen LogP contribution in [0.4, 0.5) is 0 Å². The van der Waals surface area contributed by atoms with Gasteiger partial charge in [0.1, 0.15) is 0 Å². The first-order chi connectivity index (χ1) is 24.7. The molecule has 256 valence electrons. The SMILES string of the molecule is CCCCCCCCc1ccc(-c2cc3c(ccc4c3ccc3c5ccc6[nH]c(-c7ccc(CCCCCCCC)[nH]7)cc6c5ccc43)[nH]2)[nH]1. The Hall–Kier alpha value is -4.70. The van der Waals surface area contributed by atoms with Gasteiger partial charge in [0.2, 0.25) is 0 Å². The van der Waals surface area contributed by atoms with Gasteiger partial charge in [-0.2, -0.15) is 0 Å². The van der Waals surface area contributed by atoms with Crippen molar-refractivity contribution in [3.05, 3.63) is 96.3 Å². The van der Waals surface area contributed by atoms with Crippen molar-refractivity contribution in [2.24, 2.45) is 0 Å². The number of benzene rings is 4. The lowest BCUT2D eigenvalue weighted by Crippen LogP contribution is -1.87. The molecule has 0 amide bonds. The van der Waals surface area contributed by atoms with Gasteiger partial charge < -0.3 is 19.9 Å². The van der Waals surface area contributed by atoms with Crippen LogP contribution in [0.2, 0.25) is 0 Å². The Morgan fingerprint density at radius 3 is 1.10 bits per heavy atom. The fourth-order valence-electron chi connectivity index (χ4n) is 8.23. The van der Waals surface area contributed by atoms with Crippen LogP contribution < -0.4 is 0 Å². The third-order valence-electron chi connectivity index (χ3n) is 11.1. The molecule has 0 aliphatic carbocycles. The number of H-pyrrole nitrogens is 4. The van der Waals surface area contributed by atoms with E-state index in [0.717, 1.165) is 24.2 Å². The van der Waals surface area contributed by atoms with Crippen LogP contribution in [0.25, 0.3) is 76.9 Å². The highest BCUT2D eigenvalue weighted by atomic mass is 14.8. The Balaban J connectivity index is 1.04. The molecule has 4 N–H and O–H groups in total. The smallest absolute Gasteiger partial charge is 0.0630 e. The van der Waals surface area contributed by atoms with Crippen LogP contribution in [0.1, 0.15) is 102 Å². The standard InChI is InChI=1S/C46H52N4/c1-3-5-7-9-11-13-15-31-17-25-43(47-31)45-29-39-37-21-19-34-33(35(37)23-27-41(39)49-45)20-22-38-36(34)24-28-42-40(38)30-46(50-42)44-26-18-32(48-44)16-14-12-10-8-6-4-2/h17-30,47-50H,3-16H2,1-2H3. The van der Waals surface area contributed by atoms with Crippen LogP contribution in [-0.2, 0) is 12.8 Å². The lowest BCUT2D eigenvalue weighted by Gasteiger charge is -2.09. The highest BCUT2D eigenvalue weighted by molar-refractivity contribution is 6.25. The summed E-state index contributed by atoms with van der Waals surface area (Å²) in [5, 5.41) is 10.4. The number of aromatic amines is 4. The Morgan fingerprint density at radius 1 is 0.320 bits per heavy atom. The lowest BCUT2D eigenvalue weighted by atomic mass is 9.94. The highest BCUT2D eigenvalue weighted by Gasteiger charge is 2.14. The largest absolute Gasteiger partial charge is 0.357 e. The average Bonchev–Trinajstić information content (AvgIpc) is 3.96. The third kappa shape index (κ3) is 6.49. The lowest BCUT2D eigenvalue weighted by molar-refractivity contribution is 0.605. The van der Waals surface area contributed by atoms with Gasteiger partial charge in [-0.15, -0.1) is 0 Å². The summed E-state index contributed by atoms with van der Waals surface area (Å²) in [7, 11) is 0. The van der Waals surface area contributed by atoms with Crippen LogP contribution in [0.15, 0.2) is 84.9 Å². The first-order valence-corrected chi connectivity index (χ1v) is 19.5. The topological polar surface area (TPSA) is 63.2 Å². The van der Waals surface area contributed by atoms with Crippen molar-refractivity contribution in [2.45, 2.75) is 104 Å². The summed E-state index contributed by atoms with van der Waals surface area (Å²) in [5.74, 6) is 0. The molecule has 4 heteroatoms. The predicted molar refractivity (Wildman–Crippen MR) is 216 cm³/mol. The van der Waals surface area contributed by atoms with Gasteiger partial charge in [0, 0.05) is 33.2 Å². The molecular weight excluding hydrogens is 609 g/mol. The van der Waals surface area contributed by atoms with Gasteiger partial charge in [0.15, 0.2) is 0 Å². The number of aromatic nitrogens is 4. The van der Waals surface area contributed by atoms with E-state index in [1.807, 2.05) is 0 Å². The molecular formula is C46H52N4. The maximum atomic E-state index is 3.70. The molecule has 8 aromatic rings. The zero-order chi connectivity index (χ0) is 33.9. The number of nitrogens with one attached hydrogen (secondary N) is 4. The zero-order valence-electron chi connectivity index (χ0n) is 30.0. The van der Waals surface area contributed by atoms with E-state index in [4.69, 9.17) is 0 Å². The molecule has 0 atom stereocenters. The van der Waals surface area contributed by atoms with Crippen molar-refractivity contribution in [3.63, 3.8) is 0 Å². The van der Waals surface area contributed by atoms with E-state index in [1.165, 1.54) is 154 Å². The summed E-state index contributed by atoms with van der Waals surface area (Å²) >= 11 is 0. The molecule has 4 aromatic carbocycles.